The Morgan fingerprint density at radius 3 is 2.44 bits per heavy atom. The summed E-state index contributed by atoms with van der Waals surface area (Å²) in [7, 11) is 3.47. The standard InChI is InChI=1S/C11H25NO4/c1-11(2,14)9-12(3)7-10(13)8-16-6-5-15-4/h10,13-14H,5-9H2,1-4H3. The van der Waals surface area contributed by atoms with Crippen LogP contribution in [0.4, 0.5) is 0 Å². The van der Waals surface area contributed by atoms with E-state index in [0.29, 0.717) is 32.9 Å². The summed E-state index contributed by atoms with van der Waals surface area (Å²) in [5.74, 6) is 0. The van der Waals surface area contributed by atoms with E-state index in [4.69, 9.17) is 9.47 Å². The number of hydrogen-bond donors (Lipinski definition) is 2. The maximum atomic E-state index is 9.63. The van der Waals surface area contributed by atoms with Gasteiger partial charge in [-0.15, -0.1) is 0 Å². The van der Waals surface area contributed by atoms with Crippen LogP contribution in [0.15, 0.2) is 0 Å². The van der Waals surface area contributed by atoms with E-state index in [1.54, 1.807) is 21.0 Å². The summed E-state index contributed by atoms with van der Waals surface area (Å²) in [6.07, 6.45) is -0.538. The maximum Gasteiger partial charge on any atom is 0.0900 e. The number of nitrogens with zero attached hydrogens (tertiary/aromatic N) is 1. The summed E-state index contributed by atoms with van der Waals surface area (Å²) in [6.45, 7) is 5.80. The van der Waals surface area contributed by atoms with E-state index in [0.717, 1.165) is 0 Å². The lowest BCUT2D eigenvalue weighted by Gasteiger charge is -2.27. The fraction of sp³-hybridized carbons (Fsp3) is 1.00. The van der Waals surface area contributed by atoms with Crippen LogP contribution in [0.3, 0.4) is 0 Å². The van der Waals surface area contributed by atoms with Crippen LogP contribution in [0.5, 0.6) is 0 Å². The minimum absolute atomic E-state index is 0.291. The Hall–Kier alpha value is -0.200. The predicted molar refractivity (Wildman–Crippen MR) is 62.5 cm³/mol. The quantitative estimate of drug-likeness (QED) is 0.538. The highest BCUT2D eigenvalue weighted by Gasteiger charge is 2.17. The third-order valence-electron chi connectivity index (χ3n) is 1.92. The van der Waals surface area contributed by atoms with Crippen LogP contribution in [0.25, 0.3) is 0 Å². The van der Waals surface area contributed by atoms with Gasteiger partial charge in [0.15, 0.2) is 0 Å². The largest absolute Gasteiger partial charge is 0.389 e. The number of hydrogen-bond acceptors (Lipinski definition) is 5. The van der Waals surface area contributed by atoms with Crippen molar-refractivity contribution in [3.8, 4) is 0 Å². The minimum atomic E-state index is -0.745. The molecule has 5 heteroatoms. The zero-order valence-corrected chi connectivity index (χ0v) is 10.8. The highest BCUT2D eigenvalue weighted by molar-refractivity contribution is 4.71. The first-order valence-electron chi connectivity index (χ1n) is 5.51. The SMILES string of the molecule is COCCOCC(O)CN(C)CC(C)(C)O. The number of methoxy groups -OCH3 is 1. The molecule has 0 aliphatic heterocycles. The van der Waals surface area contributed by atoms with Gasteiger partial charge >= 0.3 is 0 Å². The Morgan fingerprint density at radius 2 is 1.94 bits per heavy atom. The molecular weight excluding hydrogens is 210 g/mol. The molecule has 1 atom stereocenters. The Kier molecular flexibility index (Phi) is 7.87. The Bertz CT molecular complexity index is 170. The average Bonchev–Trinajstić information content (AvgIpc) is 2.09. The molecule has 0 aromatic carbocycles. The second-order valence-corrected chi connectivity index (χ2v) is 4.73. The first-order chi connectivity index (χ1) is 7.35. The van der Waals surface area contributed by atoms with Crippen LogP contribution in [-0.2, 0) is 9.47 Å². The molecule has 2 N–H and O–H groups in total. The van der Waals surface area contributed by atoms with Gasteiger partial charge in [-0.3, -0.25) is 0 Å². The van der Waals surface area contributed by atoms with Crippen molar-refractivity contribution in [2.75, 3.05) is 47.1 Å². The van der Waals surface area contributed by atoms with Crippen molar-refractivity contribution < 1.29 is 19.7 Å². The summed E-state index contributed by atoms with van der Waals surface area (Å²) in [5.41, 5.74) is -0.745. The molecule has 0 saturated heterocycles. The van der Waals surface area contributed by atoms with Gasteiger partial charge in [0.2, 0.25) is 0 Å². The van der Waals surface area contributed by atoms with E-state index >= 15 is 0 Å². The van der Waals surface area contributed by atoms with Crippen molar-refractivity contribution in [2.24, 2.45) is 0 Å². The smallest absolute Gasteiger partial charge is 0.0900 e. The molecule has 0 fully saturated rings. The number of aliphatic hydroxyl groups is 2. The molecule has 5 nitrogen and oxygen atoms in total. The molecular formula is C11H25NO4. The third-order valence-corrected chi connectivity index (χ3v) is 1.92. The number of likely N-dealkylation sites (N-methyl/N-ethyl adjacent to an activating group) is 1. The molecule has 0 aliphatic carbocycles. The summed E-state index contributed by atoms with van der Waals surface area (Å²) in [5, 5.41) is 19.2. The predicted octanol–water partition coefficient (Wildman–Crippen LogP) is -0.287. The van der Waals surface area contributed by atoms with Crippen LogP contribution in [0.1, 0.15) is 13.8 Å². The zero-order valence-electron chi connectivity index (χ0n) is 10.8. The summed E-state index contributed by atoms with van der Waals surface area (Å²) < 4.78 is 10.0. The van der Waals surface area contributed by atoms with E-state index in [1.165, 1.54) is 0 Å². The molecule has 0 aliphatic rings. The van der Waals surface area contributed by atoms with Gasteiger partial charge in [-0.25, -0.2) is 0 Å². The van der Waals surface area contributed by atoms with E-state index in [9.17, 15) is 10.2 Å². The second kappa shape index (κ2) is 7.97. The van der Waals surface area contributed by atoms with Crippen LogP contribution < -0.4 is 0 Å². The first-order valence-corrected chi connectivity index (χ1v) is 5.51. The van der Waals surface area contributed by atoms with E-state index in [1.807, 2.05) is 11.9 Å². The lowest BCUT2D eigenvalue weighted by molar-refractivity contribution is -0.0116. The van der Waals surface area contributed by atoms with Gasteiger partial charge in [-0.1, -0.05) is 0 Å². The number of aliphatic hydroxyl groups excluding tert-OH is 1. The van der Waals surface area contributed by atoms with Gasteiger partial charge in [-0.2, -0.15) is 0 Å². The molecule has 1 unspecified atom stereocenters. The van der Waals surface area contributed by atoms with E-state index in [-0.39, 0.29) is 0 Å². The van der Waals surface area contributed by atoms with Crippen molar-refractivity contribution >= 4 is 0 Å². The molecule has 0 radical (unpaired) electrons. The van der Waals surface area contributed by atoms with Crippen LogP contribution >= 0.6 is 0 Å². The Balaban J connectivity index is 3.58. The Labute approximate surface area is 98.0 Å². The normalized spacial score (nSPS) is 14.4. The molecule has 16 heavy (non-hydrogen) atoms. The molecule has 0 rings (SSSR count). The van der Waals surface area contributed by atoms with Crippen molar-refractivity contribution in [2.45, 2.75) is 25.6 Å². The average molecular weight is 235 g/mol. The number of rotatable bonds is 9. The molecule has 0 spiro atoms. The van der Waals surface area contributed by atoms with Crippen molar-refractivity contribution in [1.29, 1.82) is 0 Å². The molecule has 0 heterocycles. The van der Waals surface area contributed by atoms with Crippen LogP contribution in [0.2, 0.25) is 0 Å². The molecule has 0 aromatic rings. The van der Waals surface area contributed by atoms with Crippen molar-refractivity contribution in [3.05, 3.63) is 0 Å². The van der Waals surface area contributed by atoms with Gasteiger partial charge < -0.3 is 24.6 Å². The summed E-state index contributed by atoms with van der Waals surface area (Å²) >= 11 is 0. The number of ether oxygens (including phenoxy) is 2. The van der Waals surface area contributed by atoms with Gasteiger partial charge in [0, 0.05) is 20.2 Å². The highest BCUT2D eigenvalue weighted by atomic mass is 16.5. The van der Waals surface area contributed by atoms with E-state index < -0.39 is 11.7 Å². The lowest BCUT2D eigenvalue weighted by atomic mass is 10.1. The second-order valence-electron chi connectivity index (χ2n) is 4.73. The maximum absolute atomic E-state index is 9.63. The molecule has 0 saturated carbocycles. The molecule has 0 aromatic heterocycles. The summed E-state index contributed by atoms with van der Waals surface area (Å²) in [4.78, 5) is 1.88. The fourth-order valence-corrected chi connectivity index (χ4v) is 1.50. The molecule has 0 bridgehead atoms. The molecule has 0 amide bonds. The zero-order chi connectivity index (χ0) is 12.6. The van der Waals surface area contributed by atoms with Crippen molar-refractivity contribution in [3.63, 3.8) is 0 Å². The minimum Gasteiger partial charge on any atom is -0.389 e. The van der Waals surface area contributed by atoms with Crippen LogP contribution in [0, 0.1) is 0 Å². The third kappa shape index (κ3) is 10.3. The topological polar surface area (TPSA) is 62.2 Å². The van der Waals surface area contributed by atoms with Gasteiger partial charge in [-0.05, 0) is 20.9 Å². The Morgan fingerprint density at radius 1 is 1.31 bits per heavy atom. The summed E-state index contributed by atoms with van der Waals surface area (Å²) in [6, 6.07) is 0. The lowest BCUT2D eigenvalue weighted by Crippen LogP contribution is -2.41. The fourth-order valence-electron chi connectivity index (χ4n) is 1.50. The molecule has 98 valence electrons. The van der Waals surface area contributed by atoms with Gasteiger partial charge in [0.25, 0.3) is 0 Å². The van der Waals surface area contributed by atoms with Gasteiger partial charge in [0.05, 0.1) is 31.5 Å². The van der Waals surface area contributed by atoms with Gasteiger partial charge in [0.1, 0.15) is 0 Å². The first kappa shape index (κ1) is 15.8. The van der Waals surface area contributed by atoms with Crippen molar-refractivity contribution in [1.82, 2.24) is 4.90 Å². The monoisotopic (exact) mass is 235 g/mol. The highest BCUT2D eigenvalue weighted by Crippen LogP contribution is 2.03. The van der Waals surface area contributed by atoms with Crippen LogP contribution in [-0.4, -0.2) is 73.9 Å². The van der Waals surface area contributed by atoms with E-state index in [2.05, 4.69) is 0 Å².